The predicted molar refractivity (Wildman–Crippen MR) is 44.9 cm³/mol. The van der Waals surface area contributed by atoms with E-state index in [9.17, 15) is 4.79 Å². The molecule has 0 aliphatic heterocycles. The van der Waals surface area contributed by atoms with Crippen LogP contribution >= 0.6 is 0 Å². The Labute approximate surface area is 72.5 Å². The van der Waals surface area contributed by atoms with Crippen LogP contribution in [-0.4, -0.2) is 5.91 Å². The number of hydrogen-bond acceptors (Lipinski definition) is 2. The highest BCUT2D eigenvalue weighted by Gasteiger charge is 2.38. The molecular formula is C9H14N2O. The number of rotatable bonds is 3. The van der Waals surface area contributed by atoms with Crippen LogP contribution in [0.2, 0.25) is 0 Å². The van der Waals surface area contributed by atoms with Gasteiger partial charge >= 0.3 is 0 Å². The van der Waals surface area contributed by atoms with Crippen LogP contribution in [0.1, 0.15) is 38.5 Å². The Morgan fingerprint density at radius 3 is 2.50 bits per heavy atom. The van der Waals surface area contributed by atoms with Gasteiger partial charge in [0.05, 0.1) is 6.07 Å². The van der Waals surface area contributed by atoms with Gasteiger partial charge in [-0.15, -0.1) is 0 Å². The van der Waals surface area contributed by atoms with Crippen LogP contribution in [0, 0.1) is 16.7 Å². The molecule has 3 nitrogen and oxygen atoms in total. The minimum absolute atomic E-state index is 0.213. The zero-order chi connectivity index (χ0) is 9.03. The second-order valence-corrected chi connectivity index (χ2v) is 3.51. The molecule has 0 unspecified atom stereocenters. The molecule has 1 rings (SSSR count). The first-order chi connectivity index (χ1) is 5.71. The lowest BCUT2D eigenvalue weighted by Crippen LogP contribution is -2.34. The number of primary amides is 1. The van der Waals surface area contributed by atoms with Crippen molar-refractivity contribution in [3.05, 3.63) is 0 Å². The number of carbonyl (C=O) groups is 1. The van der Waals surface area contributed by atoms with E-state index in [1.807, 2.05) is 0 Å². The van der Waals surface area contributed by atoms with E-state index in [-0.39, 0.29) is 11.3 Å². The molecule has 66 valence electrons. The number of carbonyl (C=O) groups excluding carboxylic acids is 1. The van der Waals surface area contributed by atoms with Crippen LogP contribution < -0.4 is 5.73 Å². The topological polar surface area (TPSA) is 66.9 Å². The van der Waals surface area contributed by atoms with E-state index < -0.39 is 0 Å². The molecular weight excluding hydrogens is 152 g/mol. The van der Waals surface area contributed by atoms with Gasteiger partial charge in [0.1, 0.15) is 0 Å². The fourth-order valence-electron chi connectivity index (χ4n) is 1.97. The van der Waals surface area contributed by atoms with Crippen molar-refractivity contribution in [3.63, 3.8) is 0 Å². The van der Waals surface area contributed by atoms with Gasteiger partial charge in [-0.05, 0) is 19.3 Å². The van der Waals surface area contributed by atoms with Gasteiger partial charge in [0.15, 0.2) is 0 Å². The van der Waals surface area contributed by atoms with Gasteiger partial charge in [-0.25, -0.2) is 0 Å². The Hall–Kier alpha value is -1.04. The summed E-state index contributed by atoms with van der Waals surface area (Å²) in [4.78, 5) is 11.1. The number of nitrogens with zero attached hydrogens (tertiary/aromatic N) is 1. The van der Waals surface area contributed by atoms with Crippen molar-refractivity contribution in [1.29, 1.82) is 5.26 Å². The van der Waals surface area contributed by atoms with E-state index in [2.05, 4.69) is 6.07 Å². The Bertz CT molecular complexity index is 211. The van der Waals surface area contributed by atoms with Crippen molar-refractivity contribution in [1.82, 2.24) is 0 Å². The van der Waals surface area contributed by atoms with E-state index >= 15 is 0 Å². The number of nitriles is 1. The van der Waals surface area contributed by atoms with Gasteiger partial charge in [0.2, 0.25) is 5.91 Å². The molecule has 2 N–H and O–H groups in total. The molecule has 1 fully saturated rings. The number of nitrogens with two attached hydrogens (primary N) is 1. The van der Waals surface area contributed by atoms with Crippen LogP contribution in [0.4, 0.5) is 0 Å². The van der Waals surface area contributed by atoms with Gasteiger partial charge in [-0.3, -0.25) is 4.79 Å². The maximum atomic E-state index is 11.1. The SMILES string of the molecule is N#CCCC1(C(N)=O)CCCC1. The molecule has 1 aliphatic carbocycles. The van der Waals surface area contributed by atoms with Crippen molar-refractivity contribution in [2.75, 3.05) is 0 Å². The first kappa shape index (κ1) is 9.05. The fraction of sp³-hybridized carbons (Fsp3) is 0.778. The molecule has 1 saturated carbocycles. The summed E-state index contributed by atoms with van der Waals surface area (Å²) in [6.07, 6.45) is 5.01. The number of amides is 1. The molecule has 12 heavy (non-hydrogen) atoms. The second kappa shape index (κ2) is 3.57. The van der Waals surface area contributed by atoms with Crippen molar-refractivity contribution in [3.8, 4) is 6.07 Å². The van der Waals surface area contributed by atoms with Crippen LogP contribution in [0.25, 0.3) is 0 Å². The van der Waals surface area contributed by atoms with Gasteiger partial charge in [0.25, 0.3) is 0 Å². The quantitative estimate of drug-likeness (QED) is 0.687. The summed E-state index contributed by atoms with van der Waals surface area (Å²) in [5.74, 6) is -0.213. The molecule has 0 bridgehead atoms. The normalized spacial score (nSPS) is 20.2. The third kappa shape index (κ3) is 1.58. The van der Waals surface area contributed by atoms with E-state index in [0.717, 1.165) is 25.7 Å². The van der Waals surface area contributed by atoms with Crippen LogP contribution in [0.3, 0.4) is 0 Å². The van der Waals surface area contributed by atoms with Crippen LogP contribution in [0.5, 0.6) is 0 Å². The fourth-order valence-corrected chi connectivity index (χ4v) is 1.97. The summed E-state index contributed by atoms with van der Waals surface area (Å²) in [6, 6.07) is 2.07. The third-order valence-electron chi connectivity index (χ3n) is 2.80. The first-order valence-corrected chi connectivity index (χ1v) is 4.38. The Morgan fingerprint density at radius 1 is 1.50 bits per heavy atom. The van der Waals surface area contributed by atoms with Crippen molar-refractivity contribution < 1.29 is 4.79 Å². The van der Waals surface area contributed by atoms with E-state index in [0.29, 0.717) is 12.8 Å². The van der Waals surface area contributed by atoms with E-state index in [1.54, 1.807) is 0 Å². The lowest BCUT2D eigenvalue weighted by atomic mass is 9.81. The Kier molecular flexibility index (Phi) is 2.69. The average molecular weight is 166 g/mol. The highest BCUT2D eigenvalue weighted by molar-refractivity contribution is 5.81. The molecule has 0 aromatic carbocycles. The predicted octanol–water partition coefficient (Wildman–Crippen LogP) is 1.34. The Morgan fingerprint density at radius 2 is 2.08 bits per heavy atom. The molecule has 0 atom stereocenters. The molecule has 1 amide bonds. The van der Waals surface area contributed by atoms with Gasteiger partial charge < -0.3 is 5.73 Å². The van der Waals surface area contributed by atoms with Crippen LogP contribution in [-0.2, 0) is 4.79 Å². The van der Waals surface area contributed by atoms with E-state index in [4.69, 9.17) is 11.0 Å². The molecule has 0 aromatic rings. The highest BCUT2D eigenvalue weighted by Crippen LogP contribution is 2.41. The van der Waals surface area contributed by atoms with Gasteiger partial charge in [-0.1, -0.05) is 12.8 Å². The second-order valence-electron chi connectivity index (χ2n) is 3.51. The molecule has 0 saturated heterocycles. The lowest BCUT2D eigenvalue weighted by Gasteiger charge is -2.23. The summed E-state index contributed by atoms with van der Waals surface area (Å²) >= 11 is 0. The largest absolute Gasteiger partial charge is 0.369 e. The van der Waals surface area contributed by atoms with Gasteiger partial charge in [-0.2, -0.15) is 5.26 Å². The van der Waals surface area contributed by atoms with Crippen molar-refractivity contribution in [2.45, 2.75) is 38.5 Å². The molecule has 0 heterocycles. The van der Waals surface area contributed by atoms with Crippen molar-refractivity contribution in [2.24, 2.45) is 11.1 Å². The summed E-state index contributed by atoms with van der Waals surface area (Å²) in [5, 5.41) is 8.42. The Balaban J connectivity index is 2.60. The third-order valence-corrected chi connectivity index (χ3v) is 2.80. The smallest absolute Gasteiger partial charge is 0.223 e. The maximum absolute atomic E-state index is 11.1. The summed E-state index contributed by atoms with van der Waals surface area (Å²) < 4.78 is 0. The molecule has 0 aromatic heterocycles. The highest BCUT2D eigenvalue weighted by atomic mass is 16.1. The maximum Gasteiger partial charge on any atom is 0.223 e. The monoisotopic (exact) mass is 166 g/mol. The lowest BCUT2D eigenvalue weighted by molar-refractivity contribution is -0.127. The standard InChI is InChI=1S/C9H14N2O/c10-7-3-6-9(8(11)12)4-1-2-5-9/h1-6H2,(H2,11,12). The van der Waals surface area contributed by atoms with Crippen molar-refractivity contribution >= 4 is 5.91 Å². The zero-order valence-electron chi connectivity index (χ0n) is 7.18. The zero-order valence-corrected chi connectivity index (χ0v) is 7.18. The first-order valence-electron chi connectivity index (χ1n) is 4.38. The molecule has 3 heteroatoms. The molecule has 0 spiro atoms. The minimum atomic E-state index is -0.338. The molecule has 0 radical (unpaired) electrons. The van der Waals surface area contributed by atoms with Gasteiger partial charge in [0, 0.05) is 11.8 Å². The average Bonchev–Trinajstić information content (AvgIpc) is 2.50. The number of hydrogen-bond donors (Lipinski definition) is 1. The van der Waals surface area contributed by atoms with Crippen LogP contribution in [0.15, 0.2) is 0 Å². The molecule has 1 aliphatic rings. The van der Waals surface area contributed by atoms with E-state index in [1.165, 1.54) is 0 Å². The summed E-state index contributed by atoms with van der Waals surface area (Å²) in [7, 11) is 0. The summed E-state index contributed by atoms with van der Waals surface area (Å²) in [6.45, 7) is 0. The summed E-state index contributed by atoms with van der Waals surface area (Å²) in [5.41, 5.74) is 4.99. The minimum Gasteiger partial charge on any atom is -0.369 e.